The van der Waals surface area contributed by atoms with E-state index in [1.54, 1.807) is 0 Å². The van der Waals surface area contributed by atoms with E-state index in [0.29, 0.717) is 0 Å². The Labute approximate surface area is 127 Å². The molecule has 3 heteroatoms. The number of furan rings is 1. The Hall–Kier alpha value is -1.74. The van der Waals surface area contributed by atoms with E-state index in [2.05, 4.69) is 61.4 Å². The van der Waals surface area contributed by atoms with E-state index in [-0.39, 0.29) is 0 Å². The Bertz CT molecular complexity index is 613. The highest BCUT2D eigenvalue weighted by molar-refractivity contribution is 5.53. The maximum Gasteiger partial charge on any atom is 0.123 e. The summed E-state index contributed by atoms with van der Waals surface area (Å²) in [6, 6.07) is 11.5. The number of aryl methyl sites for hydroxylation is 2. The molecule has 3 nitrogen and oxygen atoms in total. The fourth-order valence-corrected chi connectivity index (χ4v) is 2.69. The zero-order chi connectivity index (χ0) is 14.8. The first-order chi connectivity index (χ1) is 10.1. The molecule has 1 saturated carbocycles. The highest BCUT2D eigenvalue weighted by Gasteiger charge is 2.20. The van der Waals surface area contributed by atoms with Crippen LogP contribution in [-0.4, -0.2) is 13.1 Å². The molecule has 0 spiro atoms. The van der Waals surface area contributed by atoms with Gasteiger partial charge in [-0.3, -0.25) is 0 Å². The summed E-state index contributed by atoms with van der Waals surface area (Å²) in [5, 5.41) is 3.48. The summed E-state index contributed by atoms with van der Waals surface area (Å²) < 4.78 is 5.91. The first-order valence-electron chi connectivity index (χ1n) is 7.71. The van der Waals surface area contributed by atoms with Gasteiger partial charge in [-0.2, -0.15) is 0 Å². The summed E-state index contributed by atoms with van der Waals surface area (Å²) in [5.41, 5.74) is 3.87. The van der Waals surface area contributed by atoms with Crippen molar-refractivity contribution < 1.29 is 4.42 Å². The lowest BCUT2D eigenvalue weighted by Crippen LogP contribution is -2.17. The molecule has 0 saturated heterocycles. The molecule has 0 radical (unpaired) electrons. The van der Waals surface area contributed by atoms with Crippen LogP contribution in [0.1, 0.15) is 35.5 Å². The molecular formula is C18H24N2O. The number of anilines is 1. The van der Waals surface area contributed by atoms with E-state index in [9.17, 15) is 0 Å². The van der Waals surface area contributed by atoms with Gasteiger partial charge in [0.25, 0.3) is 0 Å². The minimum Gasteiger partial charge on any atom is -0.463 e. The van der Waals surface area contributed by atoms with Gasteiger partial charge < -0.3 is 14.6 Å². The first kappa shape index (κ1) is 14.2. The second-order valence-corrected chi connectivity index (χ2v) is 6.17. The van der Waals surface area contributed by atoms with Gasteiger partial charge >= 0.3 is 0 Å². The average molecular weight is 284 g/mol. The van der Waals surface area contributed by atoms with Crippen LogP contribution in [0.5, 0.6) is 0 Å². The summed E-state index contributed by atoms with van der Waals surface area (Å²) in [6.07, 6.45) is 2.62. The Morgan fingerprint density at radius 1 is 1.14 bits per heavy atom. The number of hydrogen-bond acceptors (Lipinski definition) is 3. The van der Waals surface area contributed by atoms with Gasteiger partial charge in [-0.15, -0.1) is 0 Å². The molecular weight excluding hydrogens is 260 g/mol. The molecule has 0 bridgehead atoms. The van der Waals surface area contributed by atoms with Gasteiger partial charge in [-0.25, -0.2) is 0 Å². The SMILES string of the molecule is Cc1ccc(N(C)Cc2ccc(CNC3CC3)o2)c(C)c1. The Morgan fingerprint density at radius 2 is 1.90 bits per heavy atom. The van der Waals surface area contributed by atoms with Crippen molar-refractivity contribution in [2.45, 2.75) is 45.8 Å². The van der Waals surface area contributed by atoms with Crippen molar-refractivity contribution in [1.82, 2.24) is 5.32 Å². The highest BCUT2D eigenvalue weighted by Crippen LogP contribution is 2.23. The summed E-state index contributed by atoms with van der Waals surface area (Å²) in [7, 11) is 2.11. The standard InChI is InChI=1S/C18H24N2O/c1-13-4-9-18(14(2)10-13)20(3)12-17-8-7-16(21-17)11-19-15-5-6-15/h4,7-10,15,19H,5-6,11-12H2,1-3H3. The van der Waals surface area contributed by atoms with Gasteiger partial charge in [0.15, 0.2) is 0 Å². The van der Waals surface area contributed by atoms with E-state index in [4.69, 9.17) is 4.42 Å². The Kier molecular flexibility index (Phi) is 4.02. The zero-order valence-corrected chi connectivity index (χ0v) is 13.1. The minimum absolute atomic E-state index is 0.719. The minimum atomic E-state index is 0.719. The molecule has 1 heterocycles. The summed E-state index contributed by atoms with van der Waals surface area (Å²) in [5.74, 6) is 2.05. The fraction of sp³-hybridized carbons (Fsp3) is 0.444. The van der Waals surface area contributed by atoms with Crippen LogP contribution in [0.25, 0.3) is 0 Å². The summed E-state index contributed by atoms with van der Waals surface area (Å²) in [6.45, 7) is 5.93. The van der Waals surface area contributed by atoms with Crippen molar-refractivity contribution >= 4 is 5.69 Å². The summed E-state index contributed by atoms with van der Waals surface area (Å²) in [4.78, 5) is 2.24. The summed E-state index contributed by atoms with van der Waals surface area (Å²) >= 11 is 0. The molecule has 0 atom stereocenters. The largest absolute Gasteiger partial charge is 0.463 e. The van der Waals surface area contributed by atoms with Gasteiger partial charge in [0.2, 0.25) is 0 Å². The average Bonchev–Trinajstić information content (AvgIpc) is 3.16. The van der Waals surface area contributed by atoms with Crippen LogP contribution in [-0.2, 0) is 13.1 Å². The second-order valence-electron chi connectivity index (χ2n) is 6.17. The third-order valence-corrected chi connectivity index (χ3v) is 4.02. The number of hydrogen-bond donors (Lipinski definition) is 1. The predicted octanol–water partition coefficient (Wildman–Crippen LogP) is 3.78. The van der Waals surface area contributed by atoms with Crippen LogP contribution in [0, 0.1) is 13.8 Å². The lowest BCUT2D eigenvalue weighted by Gasteiger charge is -2.20. The Morgan fingerprint density at radius 3 is 2.62 bits per heavy atom. The Balaban J connectivity index is 1.62. The van der Waals surface area contributed by atoms with Crippen molar-refractivity contribution in [3.8, 4) is 0 Å². The van der Waals surface area contributed by atoms with E-state index in [1.165, 1.54) is 29.7 Å². The lowest BCUT2D eigenvalue weighted by atomic mass is 10.1. The van der Waals surface area contributed by atoms with Crippen molar-refractivity contribution in [1.29, 1.82) is 0 Å². The third-order valence-electron chi connectivity index (χ3n) is 4.02. The van der Waals surface area contributed by atoms with Crippen LogP contribution in [0.3, 0.4) is 0 Å². The smallest absolute Gasteiger partial charge is 0.123 e. The van der Waals surface area contributed by atoms with E-state index in [1.807, 2.05) is 0 Å². The van der Waals surface area contributed by atoms with Gasteiger partial charge in [0.1, 0.15) is 11.5 Å². The topological polar surface area (TPSA) is 28.4 Å². The molecule has 2 aromatic rings. The van der Waals surface area contributed by atoms with Gasteiger partial charge in [0, 0.05) is 18.8 Å². The molecule has 0 aliphatic heterocycles. The third kappa shape index (κ3) is 3.67. The van der Waals surface area contributed by atoms with Crippen LogP contribution < -0.4 is 10.2 Å². The molecule has 1 N–H and O–H groups in total. The monoisotopic (exact) mass is 284 g/mol. The molecule has 0 unspecified atom stereocenters. The molecule has 21 heavy (non-hydrogen) atoms. The number of nitrogens with one attached hydrogen (secondary N) is 1. The lowest BCUT2D eigenvalue weighted by molar-refractivity contribution is 0.445. The quantitative estimate of drug-likeness (QED) is 0.875. The number of nitrogens with zero attached hydrogens (tertiary/aromatic N) is 1. The highest BCUT2D eigenvalue weighted by atomic mass is 16.3. The number of rotatable bonds is 6. The van der Waals surface area contributed by atoms with E-state index >= 15 is 0 Å². The number of benzene rings is 1. The maximum atomic E-state index is 5.91. The molecule has 1 fully saturated rings. The van der Waals surface area contributed by atoms with Gasteiger partial charge in [-0.1, -0.05) is 17.7 Å². The first-order valence-corrected chi connectivity index (χ1v) is 7.71. The zero-order valence-electron chi connectivity index (χ0n) is 13.1. The molecule has 1 aliphatic carbocycles. The van der Waals surface area contributed by atoms with Crippen molar-refractivity contribution in [2.24, 2.45) is 0 Å². The van der Waals surface area contributed by atoms with Gasteiger partial charge in [-0.05, 0) is 50.5 Å². The van der Waals surface area contributed by atoms with Crippen LogP contribution in [0.2, 0.25) is 0 Å². The molecule has 112 valence electrons. The molecule has 1 aliphatic rings. The molecule has 1 aromatic carbocycles. The van der Waals surface area contributed by atoms with Crippen LogP contribution >= 0.6 is 0 Å². The predicted molar refractivity (Wildman–Crippen MR) is 86.6 cm³/mol. The molecule has 0 amide bonds. The van der Waals surface area contributed by atoms with Crippen LogP contribution in [0.15, 0.2) is 34.7 Å². The van der Waals surface area contributed by atoms with Gasteiger partial charge in [0.05, 0.1) is 13.1 Å². The van der Waals surface area contributed by atoms with Crippen molar-refractivity contribution in [3.05, 3.63) is 53.0 Å². The van der Waals surface area contributed by atoms with Crippen molar-refractivity contribution in [2.75, 3.05) is 11.9 Å². The van der Waals surface area contributed by atoms with E-state index < -0.39 is 0 Å². The molecule has 1 aromatic heterocycles. The van der Waals surface area contributed by atoms with Crippen molar-refractivity contribution in [3.63, 3.8) is 0 Å². The van der Waals surface area contributed by atoms with Crippen LogP contribution in [0.4, 0.5) is 5.69 Å². The maximum absolute atomic E-state index is 5.91. The second kappa shape index (κ2) is 5.94. The fourth-order valence-electron chi connectivity index (χ4n) is 2.69. The van der Waals surface area contributed by atoms with E-state index in [0.717, 1.165) is 30.7 Å². The normalized spacial score (nSPS) is 14.4. The molecule has 3 rings (SSSR count).